The van der Waals surface area contributed by atoms with Gasteiger partial charge >= 0.3 is 0 Å². The molecule has 0 aliphatic rings. The fourth-order valence-electron chi connectivity index (χ4n) is 1.26. The van der Waals surface area contributed by atoms with Crippen molar-refractivity contribution in [1.29, 1.82) is 5.26 Å². The Morgan fingerprint density at radius 1 is 1.64 bits per heavy atom. The SMILES string of the molecule is CCCN(C)c1ncc(Br)cc1C#N. The van der Waals surface area contributed by atoms with Gasteiger partial charge in [0.15, 0.2) is 0 Å². The first-order valence-corrected chi connectivity index (χ1v) is 5.25. The second-order valence-electron chi connectivity index (χ2n) is 3.06. The summed E-state index contributed by atoms with van der Waals surface area (Å²) in [5.74, 6) is 0.748. The molecule has 0 aliphatic carbocycles. The van der Waals surface area contributed by atoms with E-state index in [-0.39, 0.29) is 0 Å². The zero-order valence-corrected chi connectivity index (χ0v) is 9.87. The van der Waals surface area contributed by atoms with Gasteiger partial charge in [0, 0.05) is 24.3 Å². The molecular weight excluding hydrogens is 242 g/mol. The minimum Gasteiger partial charge on any atom is -0.359 e. The second kappa shape index (κ2) is 4.97. The Balaban J connectivity index is 3.03. The predicted molar refractivity (Wildman–Crippen MR) is 60.2 cm³/mol. The number of nitrogens with zero attached hydrogens (tertiary/aromatic N) is 3. The van der Waals surface area contributed by atoms with Gasteiger partial charge in [-0.05, 0) is 28.4 Å². The minimum atomic E-state index is 0.607. The summed E-state index contributed by atoms with van der Waals surface area (Å²) in [6, 6.07) is 3.93. The Morgan fingerprint density at radius 2 is 2.36 bits per heavy atom. The maximum Gasteiger partial charge on any atom is 0.146 e. The van der Waals surface area contributed by atoms with Crippen LogP contribution in [0.5, 0.6) is 0 Å². The first-order chi connectivity index (χ1) is 6.69. The molecule has 1 heterocycles. The lowest BCUT2D eigenvalue weighted by Crippen LogP contribution is -2.20. The minimum absolute atomic E-state index is 0.607. The number of nitriles is 1. The fraction of sp³-hybridized carbons (Fsp3) is 0.400. The monoisotopic (exact) mass is 253 g/mol. The highest BCUT2D eigenvalue weighted by Gasteiger charge is 2.08. The average molecular weight is 254 g/mol. The zero-order chi connectivity index (χ0) is 10.6. The van der Waals surface area contributed by atoms with E-state index in [1.807, 2.05) is 11.9 Å². The van der Waals surface area contributed by atoms with Crippen molar-refractivity contribution in [2.45, 2.75) is 13.3 Å². The Hall–Kier alpha value is -1.08. The quantitative estimate of drug-likeness (QED) is 0.832. The van der Waals surface area contributed by atoms with Gasteiger partial charge in [-0.3, -0.25) is 0 Å². The topological polar surface area (TPSA) is 39.9 Å². The van der Waals surface area contributed by atoms with E-state index < -0.39 is 0 Å². The third kappa shape index (κ3) is 2.46. The highest BCUT2D eigenvalue weighted by Crippen LogP contribution is 2.19. The molecule has 0 saturated heterocycles. The van der Waals surface area contributed by atoms with Gasteiger partial charge in [-0.1, -0.05) is 6.92 Å². The summed E-state index contributed by atoms with van der Waals surface area (Å²) >= 11 is 3.29. The summed E-state index contributed by atoms with van der Waals surface area (Å²) in [5, 5.41) is 8.92. The highest BCUT2D eigenvalue weighted by molar-refractivity contribution is 9.10. The normalized spacial score (nSPS) is 9.57. The summed E-state index contributed by atoms with van der Waals surface area (Å²) in [6.07, 6.45) is 2.75. The van der Waals surface area contributed by atoms with Crippen molar-refractivity contribution in [2.75, 3.05) is 18.5 Å². The van der Waals surface area contributed by atoms with Crippen molar-refractivity contribution in [3.05, 3.63) is 22.3 Å². The zero-order valence-electron chi connectivity index (χ0n) is 8.29. The van der Waals surface area contributed by atoms with Gasteiger partial charge in [0.05, 0.1) is 5.56 Å². The molecule has 0 unspecified atom stereocenters. The molecule has 0 atom stereocenters. The van der Waals surface area contributed by atoms with Crippen LogP contribution in [0.25, 0.3) is 0 Å². The average Bonchev–Trinajstić information content (AvgIpc) is 2.17. The number of hydrogen-bond acceptors (Lipinski definition) is 3. The van der Waals surface area contributed by atoms with Crippen molar-refractivity contribution in [3.63, 3.8) is 0 Å². The Kier molecular flexibility index (Phi) is 3.90. The Morgan fingerprint density at radius 3 is 2.93 bits per heavy atom. The molecule has 14 heavy (non-hydrogen) atoms. The lowest BCUT2D eigenvalue weighted by atomic mass is 10.2. The van der Waals surface area contributed by atoms with Crippen LogP contribution in [0.1, 0.15) is 18.9 Å². The maximum atomic E-state index is 8.92. The van der Waals surface area contributed by atoms with Gasteiger partial charge in [0.1, 0.15) is 11.9 Å². The van der Waals surface area contributed by atoms with Crippen molar-refractivity contribution >= 4 is 21.7 Å². The molecule has 1 rings (SSSR count). The van der Waals surface area contributed by atoms with E-state index in [0.29, 0.717) is 5.56 Å². The summed E-state index contributed by atoms with van der Waals surface area (Å²) in [5.41, 5.74) is 0.607. The van der Waals surface area contributed by atoms with Crippen LogP contribution in [0.15, 0.2) is 16.7 Å². The van der Waals surface area contributed by atoms with Crippen LogP contribution < -0.4 is 4.90 Å². The lowest BCUT2D eigenvalue weighted by molar-refractivity contribution is 0.836. The molecule has 0 aliphatic heterocycles. The molecule has 0 fully saturated rings. The molecule has 0 bridgehead atoms. The molecule has 0 saturated carbocycles. The molecule has 1 aromatic heterocycles. The van der Waals surface area contributed by atoms with Gasteiger partial charge in [0.25, 0.3) is 0 Å². The van der Waals surface area contributed by atoms with Crippen molar-refractivity contribution in [1.82, 2.24) is 4.98 Å². The molecule has 0 spiro atoms. The number of pyridine rings is 1. The van der Waals surface area contributed by atoms with E-state index in [1.165, 1.54) is 0 Å². The first kappa shape index (κ1) is 11.0. The van der Waals surface area contributed by atoms with Crippen molar-refractivity contribution in [3.8, 4) is 6.07 Å². The van der Waals surface area contributed by atoms with E-state index in [4.69, 9.17) is 5.26 Å². The number of halogens is 1. The van der Waals surface area contributed by atoms with Crippen LogP contribution in [0.3, 0.4) is 0 Å². The van der Waals surface area contributed by atoms with Gasteiger partial charge in [-0.2, -0.15) is 5.26 Å². The van der Waals surface area contributed by atoms with E-state index >= 15 is 0 Å². The molecule has 74 valence electrons. The molecule has 0 amide bonds. The molecule has 1 aromatic rings. The number of anilines is 1. The van der Waals surface area contributed by atoms with Crippen LogP contribution in [-0.2, 0) is 0 Å². The van der Waals surface area contributed by atoms with Gasteiger partial charge in [-0.15, -0.1) is 0 Å². The van der Waals surface area contributed by atoms with Crippen LogP contribution in [0.4, 0.5) is 5.82 Å². The molecule has 0 aromatic carbocycles. The summed E-state index contributed by atoms with van der Waals surface area (Å²) in [6.45, 7) is 3.00. The van der Waals surface area contributed by atoms with E-state index in [0.717, 1.165) is 23.3 Å². The van der Waals surface area contributed by atoms with Crippen LogP contribution in [0.2, 0.25) is 0 Å². The van der Waals surface area contributed by atoms with Crippen molar-refractivity contribution in [2.24, 2.45) is 0 Å². The van der Waals surface area contributed by atoms with E-state index in [9.17, 15) is 0 Å². The first-order valence-electron chi connectivity index (χ1n) is 4.45. The highest BCUT2D eigenvalue weighted by atomic mass is 79.9. The van der Waals surface area contributed by atoms with Gasteiger partial charge in [0.2, 0.25) is 0 Å². The molecule has 4 heteroatoms. The summed E-state index contributed by atoms with van der Waals surface area (Å²) in [7, 11) is 1.95. The largest absolute Gasteiger partial charge is 0.359 e. The smallest absolute Gasteiger partial charge is 0.146 e. The van der Waals surface area contributed by atoms with Gasteiger partial charge in [-0.25, -0.2) is 4.98 Å². The van der Waals surface area contributed by atoms with E-state index in [2.05, 4.69) is 33.9 Å². The predicted octanol–water partition coefficient (Wildman–Crippen LogP) is 2.56. The van der Waals surface area contributed by atoms with Crippen LogP contribution in [0, 0.1) is 11.3 Å². The molecule has 3 nitrogen and oxygen atoms in total. The third-order valence-corrected chi connectivity index (χ3v) is 2.31. The van der Waals surface area contributed by atoms with E-state index in [1.54, 1.807) is 12.3 Å². The molecular formula is C10H12BrN3. The molecule has 0 N–H and O–H groups in total. The van der Waals surface area contributed by atoms with Crippen molar-refractivity contribution < 1.29 is 0 Å². The Bertz CT molecular complexity index is 357. The van der Waals surface area contributed by atoms with Crippen LogP contribution >= 0.6 is 15.9 Å². The molecule has 0 radical (unpaired) electrons. The second-order valence-corrected chi connectivity index (χ2v) is 3.97. The number of hydrogen-bond donors (Lipinski definition) is 0. The maximum absolute atomic E-state index is 8.92. The summed E-state index contributed by atoms with van der Waals surface area (Å²) < 4.78 is 0.836. The number of aromatic nitrogens is 1. The summed E-state index contributed by atoms with van der Waals surface area (Å²) in [4.78, 5) is 6.22. The fourth-order valence-corrected chi connectivity index (χ4v) is 1.59. The lowest BCUT2D eigenvalue weighted by Gasteiger charge is -2.17. The number of rotatable bonds is 3. The standard InChI is InChI=1S/C10H12BrN3/c1-3-4-14(2)10-8(6-12)5-9(11)7-13-10/h5,7H,3-4H2,1-2H3. The van der Waals surface area contributed by atoms with Crippen LogP contribution in [-0.4, -0.2) is 18.6 Å². The third-order valence-electron chi connectivity index (χ3n) is 1.87. The Labute approximate surface area is 92.5 Å². The van der Waals surface area contributed by atoms with Gasteiger partial charge < -0.3 is 4.90 Å².